The van der Waals surface area contributed by atoms with Gasteiger partial charge in [-0.2, -0.15) is 0 Å². The summed E-state index contributed by atoms with van der Waals surface area (Å²) < 4.78 is 5.82. The molecule has 0 aliphatic carbocycles. The van der Waals surface area contributed by atoms with Crippen LogP contribution in [0.2, 0.25) is 5.02 Å². The molecule has 0 aliphatic rings. The van der Waals surface area contributed by atoms with Gasteiger partial charge >= 0.3 is 0 Å². The quantitative estimate of drug-likeness (QED) is 0.824. The Kier molecular flexibility index (Phi) is 3.97. The number of anilines is 1. The first kappa shape index (κ1) is 11.6. The largest absolute Gasteiger partial charge is 0.495 e. The monoisotopic (exact) mass is 294 g/mol. The van der Waals surface area contributed by atoms with E-state index in [1.807, 2.05) is 0 Å². The molecule has 0 unspecified atom stereocenters. The predicted molar refractivity (Wildman–Crippen MR) is 66.1 cm³/mol. The van der Waals surface area contributed by atoms with Crippen molar-refractivity contribution in [3.63, 3.8) is 0 Å². The molecule has 0 heterocycles. The molecule has 0 saturated carbocycles. The number of nitrogens with one attached hydrogen (secondary N) is 1. The lowest BCUT2D eigenvalue weighted by Gasteiger charge is -2.09. The Bertz CT molecular complexity index is 373. The average Bonchev–Trinajstić information content (AvgIpc) is 2.10. The van der Waals surface area contributed by atoms with Crippen molar-refractivity contribution < 1.29 is 4.74 Å². The van der Waals surface area contributed by atoms with Crippen molar-refractivity contribution in [1.82, 2.24) is 0 Å². The van der Waals surface area contributed by atoms with Crippen LogP contribution < -0.4 is 15.8 Å². The summed E-state index contributed by atoms with van der Waals surface area (Å²) in [5.74, 6) is 0.590. The zero-order chi connectivity index (χ0) is 10.7. The van der Waals surface area contributed by atoms with Gasteiger partial charge in [0.15, 0.2) is 5.11 Å². The van der Waals surface area contributed by atoms with Crippen LogP contribution in [-0.4, -0.2) is 12.2 Å². The molecule has 0 aliphatic heterocycles. The highest BCUT2D eigenvalue weighted by atomic mass is 79.9. The fourth-order valence-electron chi connectivity index (χ4n) is 0.914. The number of nitrogens with two attached hydrogens (primary N) is 1. The first-order valence-electron chi connectivity index (χ1n) is 3.64. The Morgan fingerprint density at radius 1 is 1.64 bits per heavy atom. The van der Waals surface area contributed by atoms with Gasteiger partial charge in [-0.1, -0.05) is 11.6 Å². The van der Waals surface area contributed by atoms with Crippen molar-refractivity contribution in [3.05, 3.63) is 21.6 Å². The van der Waals surface area contributed by atoms with E-state index in [-0.39, 0.29) is 5.11 Å². The van der Waals surface area contributed by atoms with Gasteiger partial charge in [-0.3, -0.25) is 0 Å². The van der Waals surface area contributed by atoms with Gasteiger partial charge in [0.1, 0.15) is 5.75 Å². The summed E-state index contributed by atoms with van der Waals surface area (Å²) in [5.41, 5.74) is 6.05. The van der Waals surface area contributed by atoms with Crippen LogP contribution in [0.1, 0.15) is 0 Å². The summed E-state index contributed by atoms with van der Waals surface area (Å²) >= 11 is 14.0. The second-order valence-electron chi connectivity index (χ2n) is 2.46. The molecule has 0 fully saturated rings. The van der Waals surface area contributed by atoms with Crippen LogP contribution in [0.5, 0.6) is 5.75 Å². The first-order valence-corrected chi connectivity index (χ1v) is 5.22. The van der Waals surface area contributed by atoms with Crippen LogP contribution >= 0.6 is 39.7 Å². The minimum atomic E-state index is 0.187. The molecule has 3 N–H and O–H groups in total. The minimum Gasteiger partial charge on any atom is -0.495 e. The molecule has 14 heavy (non-hydrogen) atoms. The number of rotatable bonds is 2. The highest BCUT2D eigenvalue weighted by Gasteiger charge is 2.07. The minimum absolute atomic E-state index is 0.187. The molecule has 0 saturated heterocycles. The topological polar surface area (TPSA) is 47.3 Å². The molecule has 0 bridgehead atoms. The molecule has 0 amide bonds. The maximum Gasteiger partial charge on any atom is 0.168 e. The van der Waals surface area contributed by atoms with E-state index in [0.717, 1.165) is 4.47 Å². The second kappa shape index (κ2) is 4.82. The van der Waals surface area contributed by atoms with Crippen LogP contribution in [0.25, 0.3) is 0 Å². The highest BCUT2D eigenvalue weighted by molar-refractivity contribution is 9.10. The molecule has 1 aromatic rings. The Morgan fingerprint density at radius 3 is 2.79 bits per heavy atom. The molecule has 6 heteroatoms. The summed E-state index contributed by atoms with van der Waals surface area (Å²) in [5, 5.41) is 3.47. The van der Waals surface area contributed by atoms with E-state index in [9.17, 15) is 0 Å². The maximum atomic E-state index is 5.92. The van der Waals surface area contributed by atoms with Crippen LogP contribution in [0, 0.1) is 0 Å². The fourth-order valence-corrected chi connectivity index (χ4v) is 1.69. The summed E-state index contributed by atoms with van der Waals surface area (Å²) in [6, 6.07) is 3.42. The number of hydrogen-bond acceptors (Lipinski definition) is 2. The third-order valence-electron chi connectivity index (χ3n) is 1.50. The van der Waals surface area contributed by atoms with Gasteiger partial charge < -0.3 is 15.8 Å². The second-order valence-corrected chi connectivity index (χ2v) is 4.16. The first-order chi connectivity index (χ1) is 6.54. The van der Waals surface area contributed by atoms with Crippen molar-refractivity contribution in [3.8, 4) is 5.75 Å². The molecular weight excluding hydrogens is 288 g/mol. The molecular formula is C8H8BrClN2OS. The fraction of sp³-hybridized carbons (Fsp3) is 0.125. The highest BCUT2D eigenvalue weighted by Crippen LogP contribution is 2.34. The van der Waals surface area contributed by atoms with Crippen LogP contribution in [0.15, 0.2) is 16.6 Å². The number of hydrogen-bond donors (Lipinski definition) is 2. The molecule has 76 valence electrons. The van der Waals surface area contributed by atoms with Gasteiger partial charge in [0, 0.05) is 4.47 Å². The molecule has 0 atom stereocenters. The lowest BCUT2D eigenvalue weighted by Crippen LogP contribution is -2.19. The van der Waals surface area contributed by atoms with Crippen LogP contribution in [0.3, 0.4) is 0 Å². The molecule has 3 nitrogen and oxygen atoms in total. The van der Waals surface area contributed by atoms with E-state index in [4.69, 9.17) is 34.3 Å². The van der Waals surface area contributed by atoms with Gasteiger partial charge in [0.05, 0.1) is 17.8 Å². The number of methoxy groups -OCH3 is 1. The van der Waals surface area contributed by atoms with Gasteiger partial charge in [0.2, 0.25) is 0 Å². The van der Waals surface area contributed by atoms with Gasteiger partial charge in [-0.15, -0.1) is 0 Å². The lowest BCUT2D eigenvalue weighted by molar-refractivity contribution is 0.415. The van der Waals surface area contributed by atoms with E-state index < -0.39 is 0 Å². The predicted octanol–water partition coefficient (Wildman–Crippen LogP) is 2.77. The molecule has 1 rings (SSSR count). The summed E-state index contributed by atoms with van der Waals surface area (Å²) in [4.78, 5) is 0. The van der Waals surface area contributed by atoms with Crippen molar-refractivity contribution in [2.75, 3.05) is 12.4 Å². The number of benzene rings is 1. The van der Waals surface area contributed by atoms with Gasteiger partial charge in [-0.05, 0) is 40.3 Å². The van der Waals surface area contributed by atoms with E-state index >= 15 is 0 Å². The molecule has 0 radical (unpaired) electrons. The zero-order valence-electron chi connectivity index (χ0n) is 7.30. The van der Waals surface area contributed by atoms with Gasteiger partial charge in [-0.25, -0.2) is 0 Å². The Balaban J connectivity index is 3.08. The Labute approximate surface area is 101 Å². The maximum absolute atomic E-state index is 5.92. The molecule has 0 aromatic heterocycles. The van der Waals surface area contributed by atoms with E-state index in [1.54, 1.807) is 19.2 Å². The van der Waals surface area contributed by atoms with Crippen LogP contribution in [-0.2, 0) is 0 Å². The van der Waals surface area contributed by atoms with E-state index in [0.29, 0.717) is 16.5 Å². The number of halogens is 2. The summed E-state index contributed by atoms with van der Waals surface area (Å²) in [6.07, 6.45) is 0. The Morgan fingerprint density at radius 2 is 2.29 bits per heavy atom. The summed E-state index contributed by atoms with van der Waals surface area (Å²) in [7, 11) is 1.55. The number of thiocarbonyl (C=S) groups is 1. The Hall–Kier alpha value is -0.520. The van der Waals surface area contributed by atoms with Crippen molar-refractivity contribution in [2.45, 2.75) is 0 Å². The lowest BCUT2D eigenvalue weighted by atomic mass is 10.3. The van der Waals surface area contributed by atoms with E-state index in [2.05, 4.69) is 21.2 Å². The average molecular weight is 296 g/mol. The van der Waals surface area contributed by atoms with Crippen molar-refractivity contribution in [1.29, 1.82) is 0 Å². The third-order valence-corrected chi connectivity index (χ3v) is 2.55. The number of ether oxygens (including phenoxy) is 1. The van der Waals surface area contributed by atoms with Crippen molar-refractivity contribution >= 4 is 50.5 Å². The molecule has 0 spiro atoms. The van der Waals surface area contributed by atoms with Crippen LogP contribution in [0.4, 0.5) is 5.69 Å². The van der Waals surface area contributed by atoms with Crippen molar-refractivity contribution in [2.24, 2.45) is 5.73 Å². The van der Waals surface area contributed by atoms with Gasteiger partial charge in [0.25, 0.3) is 0 Å². The standard InChI is InChI=1S/C8H8BrClN2OS/c1-13-7-2-4(9)6(3-5(7)10)12-8(11)14/h2-3H,1H3,(H3,11,12,14). The normalized spacial score (nSPS) is 9.64. The van der Waals surface area contributed by atoms with E-state index in [1.165, 1.54) is 0 Å². The zero-order valence-corrected chi connectivity index (χ0v) is 10.5. The SMILES string of the molecule is COc1cc(Br)c(NC(N)=S)cc1Cl. The summed E-state index contributed by atoms with van der Waals surface area (Å²) in [6.45, 7) is 0. The molecule has 1 aromatic carbocycles. The third kappa shape index (κ3) is 2.73. The smallest absolute Gasteiger partial charge is 0.168 e.